The summed E-state index contributed by atoms with van der Waals surface area (Å²) in [5, 5.41) is 2.73. The van der Waals surface area contributed by atoms with Crippen LogP contribution in [0.2, 0.25) is 0 Å². The molecule has 0 aliphatic carbocycles. The summed E-state index contributed by atoms with van der Waals surface area (Å²) in [6.07, 6.45) is 0.354. The molecule has 29 heavy (non-hydrogen) atoms. The van der Waals surface area contributed by atoms with Crippen LogP contribution >= 0.6 is 0 Å². The maximum Gasteiger partial charge on any atom is 0.254 e. The Balaban J connectivity index is 1.99. The van der Waals surface area contributed by atoms with Gasteiger partial charge in [0.1, 0.15) is 11.9 Å². The summed E-state index contributed by atoms with van der Waals surface area (Å²) in [5.41, 5.74) is 3.07. The summed E-state index contributed by atoms with van der Waals surface area (Å²) in [4.78, 5) is 40.3. The fourth-order valence-corrected chi connectivity index (χ4v) is 3.49. The largest absolute Gasteiger partial charge is 0.347 e. The average Bonchev–Trinajstić information content (AvgIpc) is 2.67. The lowest BCUT2D eigenvalue weighted by Gasteiger charge is -2.37. The molecule has 0 saturated carbocycles. The van der Waals surface area contributed by atoms with E-state index in [-0.39, 0.29) is 23.9 Å². The third-order valence-corrected chi connectivity index (χ3v) is 5.06. The summed E-state index contributed by atoms with van der Waals surface area (Å²) in [5.74, 6) is -1.25. The number of amides is 3. The summed E-state index contributed by atoms with van der Waals surface area (Å²) in [6.45, 7) is 3.25. The number of nitrogens with one attached hydrogen (secondary N) is 1. The zero-order valence-corrected chi connectivity index (χ0v) is 17.0. The van der Waals surface area contributed by atoms with Gasteiger partial charge in [-0.05, 0) is 47.9 Å². The molecular weight excluding hydrogens is 373 g/mol. The van der Waals surface area contributed by atoms with E-state index in [9.17, 15) is 18.8 Å². The van der Waals surface area contributed by atoms with Gasteiger partial charge < -0.3 is 15.1 Å². The predicted octanol–water partition coefficient (Wildman–Crippen LogP) is 2.75. The van der Waals surface area contributed by atoms with Crippen molar-refractivity contribution in [2.24, 2.45) is 0 Å². The van der Waals surface area contributed by atoms with E-state index in [1.165, 1.54) is 22.8 Å². The minimum absolute atomic E-state index is 0.190. The Hall–Kier alpha value is -3.22. The van der Waals surface area contributed by atoms with Crippen molar-refractivity contribution < 1.29 is 18.8 Å². The van der Waals surface area contributed by atoms with E-state index in [0.29, 0.717) is 17.7 Å². The van der Waals surface area contributed by atoms with Gasteiger partial charge in [-0.2, -0.15) is 0 Å². The van der Waals surface area contributed by atoms with Gasteiger partial charge in [-0.3, -0.25) is 14.4 Å². The summed E-state index contributed by atoms with van der Waals surface area (Å²) in [7, 11) is 3.29. The first-order valence-electron chi connectivity index (χ1n) is 9.35. The van der Waals surface area contributed by atoms with Crippen LogP contribution in [0.3, 0.4) is 0 Å². The maximum absolute atomic E-state index is 14.0. The van der Waals surface area contributed by atoms with Crippen molar-refractivity contribution in [3.05, 3.63) is 64.5 Å². The fourth-order valence-electron chi connectivity index (χ4n) is 3.49. The van der Waals surface area contributed by atoms with Crippen LogP contribution in [-0.4, -0.2) is 47.7 Å². The van der Waals surface area contributed by atoms with Gasteiger partial charge in [0.2, 0.25) is 11.8 Å². The number of rotatable bonds is 3. The number of benzene rings is 2. The quantitative estimate of drug-likeness (QED) is 0.866. The lowest BCUT2D eigenvalue weighted by atomic mass is 9.92. The molecule has 1 heterocycles. The van der Waals surface area contributed by atoms with E-state index >= 15 is 0 Å². The molecule has 0 unspecified atom stereocenters. The van der Waals surface area contributed by atoms with E-state index < -0.39 is 17.8 Å². The van der Waals surface area contributed by atoms with E-state index in [2.05, 4.69) is 5.32 Å². The van der Waals surface area contributed by atoms with E-state index in [4.69, 9.17) is 0 Å². The number of halogens is 1. The summed E-state index contributed by atoms with van der Waals surface area (Å²) >= 11 is 0. The van der Waals surface area contributed by atoms with Crippen LogP contribution in [0.4, 0.5) is 10.1 Å². The molecule has 1 aliphatic heterocycles. The Morgan fingerprint density at radius 1 is 1.10 bits per heavy atom. The molecule has 0 bridgehead atoms. The van der Waals surface area contributed by atoms with Crippen molar-refractivity contribution in [2.75, 3.05) is 19.4 Å². The van der Waals surface area contributed by atoms with Gasteiger partial charge in [0.25, 0.3) is 5.91 Å². The van der Waals surface area contributed by atoms with Crippen LogP contribution in [0, 0.1) is 12.7 Å². The second-order valence-electron chi connectivity index (χ2n) is 7.51. The summed E-state index contributed by atoms with van der Waals surface area (Å²) in [6, 6.07) is 9.11. The Morgan fingerprint density at radius 3 is 2.45 bits per heavy atom. The second kappa shape index (κ2) is 8.03. The Bertz CT molecular complexity index is 987. The van der Waals surface area contributed by atoms with Crippen LogP contribution in [0.25, 0.3) is 0 Å². The minimum Gasteiger partial charge on any atom is -0.347 e. The van der Waals surface area contributed by atoms with Gasteiger partial charge in [-0.25, -0.2) is 4.39 Å². The van der Waals surface area contributed by atoms with Gasteiger partial charge in [0, 0.05) is 45.2 Å². The molecule has 2 aromatic rings. The molecule has 6 nitrogen and oxygen atoms in total. The number of anilines is 1. The van der Waals surface area contributed by atoms with Crippen LogP contribution in [0.1, 0.15) is 34.0 Å². The first-order valence-corrected chi connectivity index (χ1v) is 9.35. The topological polar surface area (TPSA) is 69.7 Å². The van der Waals surface area contributed by atoms with Crippen molar-refractivity contribution in [1.29, 1.82) is 0 Å². The van der Waals surface area contributed by atoms with Crippen molar-refractivity contribution in [2.45, 2.75) is 32.9 Å². The molecule has 1 N–H and O–H groups in total. The van der Waals surface area contributed by atoms with Crippen molar-refractivity contribution >= 4 is 23.4 Å². The van der Waals surface area contributed by atoms with Gasteiger partial charge in [-0.15, -0.1) is 0 Å². The Kier molecular flexibility index (Phi) is 5.68. The van der Waals surface area contributed by atoms with Crippen LogP contribution < -0.4 is 5.32 Å². The minimum atomic E-state index is -0.680. The molecule has 3 rings (SSSR count). The number of fused-ring (bicyclic) bond motifs is 1. The van der Waals surface area contributed by atoms with Crippen LogP contribution in [-0.2, 0) is 22.6 Å². The van der Waals surface area contributed by atoms with Gasteiger partial charge >= 0.3 is 0 Å². The first-order chi connectivity index (χ1) is 13.7. The lowest BCUT2D eigenvalue weighted by Crippen LogP contribution is -2.52. The standard InChI is InChI=1S/C22H24FN3O3/c1-13-5-6-16(10-19(13)23)21(28)26-12-17-9-18(24-14(2)27)8-7-15(17)11-20(26)22(29)25(3)4/h5-10,20H,11-12H2,1-4H3,(H,24,27)/t20-/m1/s1. The Labute approximate surface area is 169 Å². The monoisotopic (exact) mass is 397 g/mol. The molecule has 3 amide bonds. The third kappa shape index (κ3) is 4.29. The number of likely N-dealkylation sites (N-methyl/N-ethyl adjacent to an activating group) is 1. The normalized spacial score (nSPS) is 15.5. The zero-order chi connectivity index (χ0) is 21.3. The molecule has 7 heteroatoms. The van der Waals surface area contributed by atoms with Gasteiger partial charge in [-0.1, -0.05) is 12.1 Å². The number of hydrogen-bond acceptors (Lipinski definition) is 3. The number of nitrogens with zero attached hydrogens (tertiary/aromatic N) is 2. The maximum atomic E-state index is 14.0. The fraction of sp³-hybridized carbons (Fsp3) is 0.318. The molecule has 2 aromatic carbocycles. The number of aryl methyl sites for hydroxylation is 1. The molecule has 1 atom stereocenters. The second-order valence-corrected chi connectivity index (χ2v) is 7.51. The molecule has 0 spiro atoms. The third-order valence-electron chi connectivity index (χ3n) is 5.06. The molecule has 0 fully saturated rings. The van der Waals surface area contributed by atoms with Crippen molar-refractivity contribution in [3.8, 4) is 0 Å². The highest BCUT2D eigenvalue weighted by Crippen LogP contribution is 2.28. The highest BCUT2D eigenvalue weighted by atomic mass is 19.1. The SMILES string of the molecule is CC(=O)Nc1ccc2c(c1)CN(C(=O)c1ccc(C)c(F)c1)[C@@H](C(=O)N(C)C)C2. The highest BCUT2D eigenvalue weighted by Gasteiger charge is 2.36. The number of carbonyl (C=O) groups is 3. The van der Waals surface area contributed by atoms with Gasteiger partial charge in [0.05, 0.1) is 0 Å². The molecule has 1 aliphatic rings. The summed E-state index contributed by atoms with van der Waals surface area (Å²) < 4.78 is 14.0. The van der Waals surface area contributed by atoms with Crippen molar-refractivity contribution in [1.82, 2.24) is 9.80 Å². The van der Waals surface area contributed by atoms with Gasteiger partial charge in [0.15, 0.2) is 0 Å². The molecule has 0 saturated heterocycles. The van der Waals surface area contributed by atoms with E-state index in [1.807, 2.05) is 12.1 Å². The molecule has 0 radical (unpaired) electrons. The predicted molar refractivity (Wildman–Crippen MR) is 108 cm³/mol. The lowest BCUT2D eigenvalue weighted by molar-refractivity contribution is -0.134. The number of hydrogen-bond donors (Lipinski definition) is 1. The van der Waals surface area contributed by atoms with Crippen LogP contribution in [0.15, 0.2) is 36.4 Å². The van der Waals surface area contributed by atoms with E-state index in [1.54, 1.807) is 39.2 Å². The first kappa shape index (κ1) is 20.5. The van der Waals surface area contributed by atoms with Crippen LogP contribution in [0.5, 0.6) is 0 Å². The zero-order valence-electron chi connectivity index (χ0n) is 17.0. The Morgan fingerprint density at radius 2 is 1.83 bits per heavy atom. The van der Waals surface area contributed by atoms with Crippen molar-refractivity contribution in [3.63, 3.8) is 0 Å². The average molecular weight is 397 g/mol. The number of carbonyl (C=O) groups excluding carboxylic acids is 3. The van der Waals surface area contributed by atoms with E-state index in [0.717, 1.165) is 11.1 Å². The molecular formula is C22H24FN3O3. The molecule has 152 valence electrons. The highest BCUT2D eigenvalue weighted by molar-refractivity contribution is 5.98. The smallest absolute Gasteiger partial charge is 0.254 e. The molecule has 0 aromatic heterocycles.